The number of carbonyl (C=O) groups is 1. The van der Waals surface area contributed by atoms with Gasteiger partial charge < -0.3 is 16.6 Å². The van der Waals surface area contributed by atoms with Crippen LogP contribution in [0.3, 0.4) is 0 Å². The van der Waals surface area contributed by atoms with Gasteiger partial charge in [-0.05, 0) is 19.4 Å². The van der Waals surface area contributed by atoms with Gasteiger partial charge in [0.15, 0.2) is 0 Å². The van der Waals surface area contributed by atoms with Crippen molar-refractivity contribution >= 4 is 43.2 Å². The monoisotopic (exact) mass is 240 g/mol. The van der Waals surface area contributed by atoms with Crippen LogP contribution in [0.15, 0.2) is 0 Å². The summed E-state index contributed by atoms with van der Waals surface area (Å²) >= 11 is 0. The van der Waals surface area contributed by atoms with Gasteiger partial charge >= 0.3 is 5.97 Å². The first kappa shape index (κ1) is 22.8. The number of hydrogen-bond donors (Lipinski definition) is 3. The summed E-state index contributed by atoms with van der Waals surface area (Å²) < 4.78 is 0. The molecule has 0 radical (unpaired) electrons. The molecule has 4 nitrogen and oxygen atoms in total. The van der Waals surface area contributed by atoms with Crippen LogP contribution in [0.1, 0.15) is 12.8 Å². The van der Waals surface area contributed by atoms with Crippen molar-refractivity contribution in [2.75, 3.05) is 6.54 Å². The summed E-state index contributed by atoms with van der Waals surface area (Å²) in [4.78, 5) is 10.0. The van der Waals surface area contributed by atoms with Crippen LogP contribution >= 0.6 is 37.2 Å². The van der Waals surface area contributed by atoms with Crippen LogP contribution < -0.4 is 11.5 Å². The van der Waals surface area contributed by atoms with Crippen LogP contribution in [0.25, 0.3) is 0 Å². The van der Waals surface area contributed by atoms with E-state index in [4.69, 9.17) is 16.6 Å². The van der Waals surface area contributed by atoms with Gasteiger partial charge in [0.25, 0.3) is 0 Å². The van der Waals surface area contributed by atoms with Gasteiger partial charge in [-0.1, -0.05) is 0 Å². The average Bonchev–Trinajstić information content (AvgIpc) is 1.82. The Morgan fingerprint density at radius 3 is 2.00 bits per heavy atom. The Bertz CT molecular complexity index is 105. The Hall–Kier alpha value is 0.260. The molecule has 0 aliphatic carbocycles. The van der Waals surface area contributed by atoms with E-state index < -0.39 is 12.0 Å². The number of aliphatic carboxylic acids is 1. The normalized spacial score (nSPS) is 9.83. The molecule has 0 spiro atoms. The topological polar surface area (TPSA) is 89.3 Å². The molecule has 5 N–H and O–H groups in total. The van der Waals surface area contributed by atoms with Crippen molar-refractivity contribution in [3.63, 3.8) is 0 Å². The second-order valence-electron chi connectivity index (χ2n) is 1.88. The minimum Gasteiger partial charge on any atom is -0.480 e. The fraction of sp³-hybridized carbons (Fsp3) is 0.800. The second-order valence-corrected chi connectivity index (χ2v) is 1.88. The predicted molar refractivity (Wildman–Crippen MR) is 55.6 cm³/mol. The molecular formula is C5H15Cl3N2O2. The second kappa shape index (κ2) is 13.8. The van der Waals surface area contributed by atoms with E-state index in [1.54, 1.807) is 0 Å². The molecule has 0 saturated carbocycles. The molecule has 0 rings (SSSR count). The van der Waals surface area contributed by atoms with Gasteiger partial charge in [0.2, 0.25) is 0 Å². The van der Waals surface area contributed by atoms with Gasteiger partial charge in [-0.15, -0.1) is 37.2 Å². The lowest BCUT2D eigenvalue weighted by Crippen LogP contribution is -2.30. The fourth-order valence-electron chi connectivity index (χ4n) is 0.461. The van der Waals surface area contributed by atoms with Crippen molar-refractivity contribution in [3.05, 3.63) is 0 Å². The number of nitrogens with two attached hydrogens (primary N) is 2. The maximum atomic E-state index is 10.0. The van der Waals surface area contributed by atoms with Crippen molar-refractivity contribution in [3.8, 4) is 0 Å². The Kier molecular flexibility index (Phi) is 26.2. The number of rotatable bonds is 4. The third-order valence-electron chi connectivity index (χ3n) is 1.04. The summed E-state index contributed by atoms with van der Waals surface area (Å²) in [5.41, 5.74) is 10.3. The standard InChI is InChI=1S/C5H12N2O2.3ClH/c6-3-1-2-4(7)5(8)9;;;/h4H,1-3,6-7H2,(H,8,9);3*1H/t4-;;;/m1.../s1. The molecule has 7 heteroatoms. The van der Waals surface area contributed by atoms with E-state index in [9.17, 15) is 4.79 Å². The zero-order valence-electron chi connectivity index (χ0n) is 6.43. The van der Waals surface area contributed by atoms with Gasteiger partial charge in [0.05, 0.1) is 0 Å². The Balaban J connectivity index is -0.000000107. The molecule has 0 aliphatic heterocycles. The smallest absolute Gasteiger partial charge is 0.320 e. The molecular weight excluding hydrogens is 226 g/mol. The van der Waals surface area contributed by atoms with Gasteiger partial charge in [-0.25, -0.2) is 0 Å². The van der Waals surface area contributed by atoms with Crippen molar-refractivity contribution < 1.29 is 9.90 Å². The first-order valence-electron chi connectivity index (χ1n) is 2.87. The van der Waals surface area contributed by atoms with Crippen LogP contribution in [0, 0.1) is 0 Å². The lowest BCUT2D eigenvalue weighted by Gasteiger charge is -2.02. The fourth-order valence-corrected chi connectivity index (χ4v) is 0.461. The molecule has 0 aromatic carbocycles. The van der Waals surface area contributed by atoms with Crippen molar-refractivity contribution in [2.45, 2.75) is 18.9 Å². The molecule has 0 aliphatic rings. The predicted octanol–water partition coefficient (Wildman–Crippen LogP) is 0.403. The highest BCUT2D eigenvalue weighted by Gasteiger charge is 2.08. The first-order valence-corrected chi connectivity index (χ1v) is 2.87. The van der Waals surface area contributed by atoms with E-state index in [2.05, 4.69) is 0 Å². The highest BCUT2D eigenvalue weighted by atomic mass is 35.5. The summed E-state index contributed by atoms with van der Waals surface area (Å²) in [6, 6.07) is -0.742. The summed E-state index contributed by atoms with van der Waals surface area (Å²) in [5, 5.41) is 8.24. The molecule has 0 amide bonds. The average molecular weight is 242 g/mol. The molecule has 0 aromatic heterocycles. The van der Waals surface area contributed by atoms with Crippen LogP contribution in [0.5, 0.6) is 0 Å². The van der Waals surface area contributed by atoms with Crippen LogP contribution in [-0.4, -0.2) is 23.7 Å². The molecule has 0 unspecified atom stereocenters. The highest BCUT2D eigenvalue weighted by molar-refractivity contribution is 5.86. The number of carboxylic acid groups (broad SMARTS) is 1. The van der Waals surface area contributed by atoms with E-state index in [-0.39, 0.29) is 37.2 Å². The van der Waals surface area contributed by atoms with E-state index in [0.717, 1.165) is 0 Å². The Labute approximate surface area is 90.3 Å². The largest absolute Gasteiger partial charge is 0.480 e. The maximum Gasteiger partial charge on any atom is 0.320 e. The van der Waals surface area contributed by atoms with E-state index >= 15 is 0 Å². The van der Waals surface area contributed by atoms with Crippen molar-refractivity contribution in [1.82, 2.24) is 0 Å². The van der Waals surface area contributed by atoms with Crippen LogP contribution in [0.2, 0.25) is 0 Å². The molecule has 0 saturated heterocycles. The molecule has 0 heterocycles. The number of hydrogen-bond acceptors (Lipinski definition) is 3. The lowest BCUT2D eigenvalue weighted by atomic mass is 10.2. The number of carboxylic acids is 1. The molecule has 0 aromatic rings. The minimum absolute atomic E-state index is 0. The van der Waals surface area contributed by atoms with Crippen molar-refractivity contribution in [1.29, 1.82) is 0 Å². The zero-order chi connectivity index (χ0) is 7.28. The SMILES string of the molecule is Cl.Cl.Cl.NCCC[C@@H](N)C(=O)O. The molecule has 1 atom stereocenters. The van der Waals surface area contributed by atoms with Crippen LogP contribution in [0.4, 0.5) is 0 Å². The third kappa shape index (κ3) is 12.9. The van der Waals surface area contributed by atoms with Crippen LogP contribution in [-0.2, 0) is 4.79 Å². The summed E-state index contributed by atoms with van der Waals surface area (Å²) in [6.07, 6.45) is 1.14. The third-order valence-corrected chi connectivity index (χ3v) is 1.04. The summed E-state index contributed by atoms with van der Waals surface area (Å²) in [7, 11) is 0. The molecule has 0 fully saturated rings. The molecule has 78 valence electrons. The quantitative estimate of drug-likeness (QED) is 0.665. The van der Waals surface area contributed by atoms with Crippen molar-refractivity contribution in [2.24, 2.45) is 11.5 Å². The lowest BCUT2D eigenvalue weighted by molar-refractivity contribution is -0.138. The highest BCUT2D eigenvalue weighted by Crippen LogP contribution is 1.91. The summed E-state index contributed by atoms with van der Waals surface area (Å²) in [5.74, 6) is -0.955. The Morgan fingerprint density at radius 2 is 1.75 bits per heavy atom. The minimum atomic E-state index is -0.955. The van der Waals surface area contributed by atoms with E-state index in [0.29, 0.717) is 19.4 Å². The number of halogens is 3. The first-order chi connectivity index (χ1) is 4.18. The summed E-state index contributed by atoms with van der Waals surface area (Å²) in [6.45, 7) is 0.501. The van der Waals surface area contributed by atoms with E-state index in [1.165, 1.54) is 0 Å². The molecule has 12 heavy (non-hydrogen) atoms. The van der Waals surface area contributed by atoms with Gasteiger partial charge in [-0.2, -0.15) is 0 Å². The van der Waals surface area contributed by atoms with Gasteiger partial charge in [0, 0.05) is 0 Å². The molecule has 0 bridgehead atoms. The van der Waals surface area contributed by atoms with Gasteiger partial charge in [-0.3, -0.25) is 4.79 Å². The van der Waals surface area contributed by atoms with Gasteiger partial charge in [0.1, 0.15) is 6.04 Å². The van der Waals surface area contributed by atoms with E-state index in [1.807, 2.05) is 0 Å². The maximum absolute atomic E-state index is 10.0. The Morgan fingerprint density at radius 1 is 1.33 bits per heavy atom. The zero-order valence-corrected chi connectivity index (χ0v) is 8.88.